The molecule has 1 aliphatic rings. The molecule has 1 aliphatic heterocycles. The Bertz CT molecular complexity index is 339. The first-order valence-corrected chi connectivity index (χ1v) is 7.34. The Balaban J connectivity index is 1.90. The molecule has 1 saturated heterocycles. The lowest BCUT2D eigenvalue weighted by Gasteiger charge is -2.31. The highest BCUT2D eigenvalue weighted by Crippen LogP contribution is 2.21. The molecule has 2 heterocycles. The van der Waals surface area contributed by atoms with Gasteiger partial charge in [-0.05, 0) is 18.1 Å². The van der Waals surface area contributed by atoms with Gasteiger partial charge in [0.05, 0.1) is 5.69 Å². The number of pyridine rings is 1. The molecule has 4 heteroatoms. The van der Waals surface area contributed by atoms with Crippen LogP contribution >= 0.6 is 11.8 Å². The van der Waals surface area contributed by atoms with Gasteiger partial charge in [-0.2, -0.15) is 11.8 Å². The van der Waals surface area contributed by atoms with Crippen molar-refractivity contribution in [3.8, 4) is 0 Å². The number of nitrogens with two attached hydrogens (primary N) is 1. The lowest BCUT2D eigenvalue weighted by Crippen LogP contribution is -2.37. The van der Waals surface area contributed by atoms with E-state index in [1.165, 1.54) is 25.3 Å². The highest BCUT2D eigenvalue weighted by Gasteiger charge is 2.18. The van der Waals surface area contributed by atoms with Crippen LogP contribution in [0, 0.1) is 0 Å². The molecule has 2 N–H and O–H groups in total. The van der Waals surface area contributed by atoms with Crippen molar-refractivity contribution in [2.75, 3.05) is 18.8 Å². The van der Waals surface area contributed by atoms with Crippen molar-refractivity contribution in [2.24, 2.45) is 5.73 Å². The molecule has 3 nitrogen and oxygen atoms in total. The fraction of sp³-hybridized carbons (Fsp3) is 0.615. The van der Waals surface area contributed by atoms with E-state index in [4.69, 9.17) is 5.73 Å². The molecule has 0 bridgehead atoms. The molecule has 1 unspecified atom stereocenters. The van der Waals surface area contributed by atoms with Gasteiger partial charge in [0, 0.05) is 43.4 Å². The van der Waals surface area contributed by atoms with Gasteiger partial charge in [-0.25, -0.2) is 0 Å². The number of rotatable bonds is 4. The van der Waals surface area contributed by atoms with E-state index in [0.29, 0.717) is 6.54 Å². The Morgan fingerprint density at radius 1 is 1.53 bits per heavy atom. The van der Waals surface area contributed by atoms with Crippen LogP contribution in [0.5, 0.6) is 0 Å². The quantitative estimate of drug-likeness (QED) is 0.887. The van der Waals surface area contributed by atoms with Crippen molar-refractivity contribution in [1.29, 1.82) is 0 Å². The van der Waals surface area contributed by atoms with Crippen LogP contribution in [-0.2, 0) is 13.1 Å². The maximum absolute atomic E-state index is 5.57. The normalized spacial score (nSPS) is 21.6. The second-order valence-electron chi connectivity index (χ2n) is 4.50. The van der Waals surface area contributed by atoms with Crippen molar-refractivity contribution >= 4 is 11.8 Å². The molecule has 2 rings (SSSR count). The van der Waals surface area contributed by atoms with Gasteiger partial charge in [-0.1, -0.05) is 13.0 Å². The summed E-state index contributed by atoms with van der Waals surface area (Å²) in [6.45, 7) is 6.20. The van der Waals surface area contributed by atoms with Crippen LogP contribution in [0.3, 0.4) is 0 Å². The summed E-state index contributed by atoms with van der Waals surface area (Å²) < 4.78 is 0. The molecule has 1 aromatic rings. The van der Waals surface area contributed by atoms with Crippen molar-refractivity contribution in [2.45, 2.75) is 31.7 Å². The fourth-order valence-corrected chi connectivity index (χ4v) is 3.32. The van der Waals surface area contributed by atoms with Gasteiger partial charge >= 0.3 is 0 Å². The van der Waals surface area contributed by atoms with Crippen molar-refractivity contribution in [3.63, 3.8) is 0 Å². The summed E-state index contributed by atoms with van der Waals surface area (Å²) in [5, 5.41) is 0.798. The summed E-state index contributed by atoms with van der Waals surface area (Å²) in [6.07, 6.45) is 3.16. The van der Waals surface area contributed by atoms with Crippen molar-refractivity contribution < 1.29 is 0 Å². The molecule has 17 heavy (non-hydrogen) atoms. The third-order valence-corrected chi connectivity index (χ3v) is 4.56. The topological polar surface area (TPSA) is 42.1 Å². The molecule has 1 fully saturated rings. The third kappa shape index (κ3) is 3.69. The van der Waals surface area contributed by atoms with E-state index in [9.17, 15) is 0 Å². The van der Waals surface area contributed by atoms with Crippen LogP contribution < -0.4 is 5.73 Å². The standard InChI is InChI=1S/C13H21N3S/c1-2-13-10-16(5-6-17-13)9-12-4-3-11(7-14)8-15-12/h3-4,8,13H,2,5-7,9-10,14H2,1H3. The third-order valence-electron chi connectivity index (χ3n) is 3.19. The Morgan fingerprint density at radius 3 is 3.06 bits per heavy atom. The van der Waals surface area contributed by atoms with E-state index in [2.05, 4.69) is 40.7 Å². The molecule has 0 aliphatic carbocycles. The molecule has 1 atom stereocenters. The number of hydrogen-bond donors (Lipinski definition) is 1. The maximum Gasteiger partial charge on any atom is 0.0544 e. The molecular weight excluding hydrogens is 230 g/mol. The van der Waals surface area contributed by atoms with E-state index in [0.717, 1.165) is 23.1 Å². The maximum atomic E-state index is 5.57. The van der Waals surface area contributed by atoms with Crippen LogP contribution in [0.15, 0.2) is 18.3 Å². The monoisotopic (exact) mass is 251 g/mol. The van der Waals surface area contributed by atoms with Crippen LogP contribution in [-0.4, -0.2) is 34.0 Å². The number of thioether (sulfide) groups is 1. The molecule has 0 aromatic carbocycles. The predicted octanol–water partition coefficient (Wildman–Crippen LogP) is 1.87. The lowest BCUT2D eigenvalue weighted by atomic mass is 10.2. The highest BCUT2D eigenvalue weighted by atomic mass is 32.2. The first kappa shape index (κ1) is 12.9. The number of nitrogens with zero attached hydrogens (tertiary/aromatic N) is 2. The number of aromatic nitrogens is 1. The average molecular weight is 251 g/mol. The minimum absolute atomic E-state index is 0.575. The smallest absolute Gasteiger partial charge is 0.0544 e. The molecule has 0 spiro atoms. The minimum Gasteiger partial charge on any atom is -0.326 e. The van der Waals surface area contributed by atoms with E-state index >= 15 is 0 Å². The van der Waals surface area contributed by atoms with Crippen LogP contribution in [0.25, 0.3) is 0 Å². The van der Waals surface area contributed by atoms with Gasteiger partial charge in [0.1, 0.15) is 0 Å². The second-order valence-corrected chi connectivity index (χ2v) is 5.91. The van der Waals surface area contributed by atoms with Gasteiger partial charge < -0.3 is 5.73 Å². The minimum atomic E-state index is 0.575. The van der Waals surface area contributed by atoms with Crippen molar-refractivity contribution in [3.05, 3.63) is 29.6 Å². The summed E-state index contributed by atoms with van der Waals surface area (Å²) in [5.74, 6) is 1.25. The number of hydrogen-bond acceptors (Lipinski definition) is 4. The van der Waals surface area contributed by atoms with E-state index in [-0.39, 0.29) is 0 Å². The first-order chi connectivity index (χ1) is 8.31. The summed E-state index contributed by atoms with van der Waals surface area (Å²) >= 11 is 2.10. The SMILES string of the molecule is CCC1CN(Cc2ccc(CN)cn2)CCS1. The lowest BCUT2D eigenvalue weighted by molar-refractivity contribution is 0.270. The Kier molecular flexibility index (Phi) is 4.83. The first-order valence-electron chi connectivity index (χ1n) is 6.29. The fourth-order valence-electron chi connectivity index (χ4n) is 2.07. The van der Waals surface area contributed by atoms with E-state index in [1.807, 2.05) is 6.20 Å². The molecule has 0 radical (unpaired) electrons. The molecular formula is C13H21N3S. The zero-order valence-corrected chi connectivity index (χ0v) is 11.2. The van der Waals surface area contributed by atoms with Crippen molar-refractivity contribution in [1.82, 2.24) is 9.88 Å². The van der Waals surface area contributed by atoms with Gasteiger partial charge in [0.15, 0.2) is 0 Å². The van der Waals surface area contributed by atoms with Gasteiger partial charge in [0.25, 0.3) is 0 Å². The van der Waals surface area contributed by atoms with Gasteiger partial charge in [-0.3, -0.25) is 9.88 Å². The summed E-state index contributed by atoms with van der Waals surface area (Å²) in [4.78, 5) is 6.98. The Labute approximate surface area is 108 Å². The highest BCUT2D eigenvalue weighted by molar-refractivity contribution is 8.00. The molecule has 94 valence electrons. The van der Waals surface area contributed by atoms with Crippen LogP contribution in [0.4, 0.5) is 0 Å². The largest absolute Gasteiger partial charge is 0.326 e. The molecule has 0 saturated carbocycles. The molecule has 0 amide bonds. The zero-order chi connectivity index (χ0) is 12.1. The summed E-state index contributed by atoms with van der Waals surface area (Å²) in [5.41, 5.74) is 7.83. The molecule has 1 aromatic heterocycles. The summed E-state index contributed by atoms with van der Waals surface area (Å²) in [6, 6.07) is 4.18. The van der Waals surface area contributed by atoms with E-state index in [1.54, 1.807) is 0 Å². The van der Waals surface area contributed by atoms with Gasteiger partial charge in [0.2, 0.25) is 0 Å². The van der Waals surface area contributed by atoms with Crippen LogP contribution in [0.2, 0.25) is 0 Å². The summed E-state index contributed by atoms with van der Waals surface area (Å²) in [7, 11) is 0. The average Bonchev–Trinajstić information content (AvgIpc) is 2.40. The Morgan fingerprint density at radius 2 is 2.41 bits per heavy atom. The zero-order valence-electron chi connectivity index (χ0n) is 10.4. The predicted molar refractivity (Wildman–Crippen MR) is 73.9 cm³/mol. The van der Waals surface area contributed by atoms with Crippen LogP contribution in [0.1, 0.15) is 24.6 Å². The Hall–Kier alpha value is -0.580. The second kappa shape index (κ2) is 6.38. The van der Waals surface area contributed by atoms with E-state index < -0.39 is 0 Å². The van der Waals surface area contributed by atoms with Gasteiger partial charge in [-0.15, -0.1) is 0 Å².